The Kier molecular flexibility index (Phi) is 4.60. The predicted molar refractivity (Wildman–Crippen MR) is 84.9 cm³/mol. The molecule has 1 aromatic heterocycles. The van der Waals surface area contributed by atoms with E-state index in [0.29, 0.717) is 5.56 Å². The second kappa shape index (κ2) is 6.44. The van der Waals surface area contributed by atoms with Crippen molar-refractivity contribution in [2.45, 2.75) is 5.92 Å². The van der Waals surface area contributed by atoms with Gasteiger partial charge in [0.1, 0.15) is 5.82 Å². The van der Waals surface area contributed by atoms with Crippen molar-refractivity contribution in [1.82, 2.24) is 9.13 Å². The Balaban J connectivity index is 2.81. The van der Waals surface area contributed by atoms with Crippen LogP contribution in [0.5, 0.6) is 0 Å². The Hall–Kier alpha value is -2.94. The summed E-state index contributed by atoms with van der Waals surface area (Å²) < 4.78 is 2.07. The van der Waals surface area contributed by atoms with Crippen LogP contribution in [0.25, 0.3) is 0 Å². The molecule has 0 fully saturated rings. The first-order valence-electron chi connectivity index (χ1n) is 6.81. The lowest BCUT2D eigenvalue weighted by Gasteiger charge is -2.19. The summed E-state index contributed by atoms with van der Waals surface area (Å²) in [5.41, 5.74) is 1.82. The van der Waals surface area contributed by atoms with Crippen LogP contribution in [0.3, 0.4) is 0 Å². The van der Waals surface area contributed by atoms with Crippen molar-refractivity contribution in [1.29, 1.82) is 0 Å². The number of hydrazine groups is 1. The van der Waals surface area contributed by atoms with Gasteiger partial charge in [-0.25, -0.2) is 10.6 Å². The molecule has 0 amide bonds. The summed E-state index contributed by atoms with van der Waals surface area (Å²) in [7, 11) is 2.76. The third kappa shape index (κ3) is 2.99. The molecule has 0 aliphatic carbocycles. The van der Waals surface area contributed by atoms with Crippen molar-refractivity contribution in [3.63, 3.8) is 0 Å². The molecule has 9 heteroatoms. The minimum Gasteiger partial charge on any atom is -0.309 e. The van der Waals surface area contributed by atoms with Crippen molar-refractivity contribution < 1.29 is 4.92 Å². The van der Waals surface area contributed by atoms with E-state index in [1.54, 1.807) is 30.3 Å². The molecule has 0 aliphatic heterocycles. The Morgan fingerprint density at radius 3 is 2.35 bits per heavy atom. The lowest BCUT2D eigenvalue weighted by molar-refractivity contribution is -0.481. The molecule has 1 heterocycles. The molecule has 2 rings (SSSR count). The van der Waals surface area contributed by atoms with Crippen molar-refractivity contribution >= 4 is 5.82 Å². The van der Waals surface area contributed by atoms with E-state index in [2.05, 4.69) is 5.43 Å². The van der Waals surface area contributed by atoms with Gasteiger partial charge < -0.3 is 5.43 Å². The summed E-state index contributed by atoms with van der Waals surface area (Å²) in [6.07, 6.45) is 0. The van der Waals surface area contributed by atoms with Gasteiger partial charge in [0.05, 0.1) is 11.5 Å². The van der Waals surface area contributed by atoms with Crippen LogP contribution in [0.2, 0.25) is 0 Å². The molecular weight excluding hydrogens is 302 g/mol. The van der Waals surface area contributed by atoms with E-state index in [1.165, 1.54) is 14.1 Å². The second-order valence-corrected chi connectivity index (χ2v) is 5.09. The van der Waals surface area contributed by atoms with Crippen molar-refractivity contribution in [3.8, 4) is 0 Å². The molecule has 9 nitrogen and oxygen atoms in total. The van der Waals surface area contributed by atoms with Crippen LogP contribution in [0, 0.1) is 10.1 Å². The van der Waals surface area contributed by atoms with E-state index in [1.807, 2.05) is 0 Å². The predicted octanol–water partition coefficient (Wildman–Crippen LogP) is -0.222. The summed E-state index contributed by atoms with van der Waals surface area (Å²) >= 11 is 0. The number of nitrogens with one attached hydrogen (secondary N) is 1. The second-order valence-electron chi connectivity index (χ2n) is 5.09. The number of nitrogen functional groups attached to an aromatic ring is 1. The monoisotopic (exact) mass is 319 g/mol. The molecule has 1 aromatic carbocycles. The maximum atomic E-state index is 12.5. The molecule has 0 saturated carbocycles. The Morgan fingerprint density at radius 2 is 1.83 bits per heavy atom. The van der Waals surface area contributed by atoms with Gasteiger partial charge in [0.2, 0.25) is 6.54 Å². The van der Waals surface area contributed by atoms with Crippen LogP contribution in [-0.2, 0) is 14.1 Å². The molecule has 0 radical (unpaired) electrons. The van der Waals surface area contributed by atoms with Crippen LogP contribution < -0.4 is 22.5 Å². The average Bonchev–Trinajstić information content (AvgIpc) is 2.55. The van der Waals surface area contributed by atoms with Crippen LogP contribution in [0.4, 0.5) is 5.82 Å². The van der Waals surface area contributed by atoms with E-state index in [-0.39, 0.29) is 11.4 Å². The Morgan fingerprint density at radius 1 is 1.22 bits per heavy atom. The molecule has 3 N–H and O–H groups in total. The van der Waals surface area contributed by atoms with Gasteiger partial charge in [0.15, 0.2) is 0 Å². The zero-order chi connectivity index (χ0) is 17.1. The first-order valence-corrected chi connectivity index (χ1v) is 6.81. The molecule has 0 spiro atoms. The number of hydrogen-bond donors (Lipinski definition) is 2. The number of nitrogens with zero attached hydrogens (tertiary/aromatic N) is 3. The third-order valence-corrected chi connectivity index (χ3v) is 3.72. The largest absolute Gasteiger partial charge is 0.332 e. The highest BCUT2D eigenvalue weighted by Crippen LogP contribution is 2.26. The Labute approximate surface area is 131 Å². The van der Waals surface area contributed by atoms with E-state index in [9.17, 15) is 19.7 Å². The topological polar surface area (TPSA) is 125 Å². The van der Waals surface area contributed by atoms with Gasteiger partial charge in [0, 0.05) is 19.0 Å². The molecular formula is C14H17N5O4. The van der Waals surface area contributed by atoms with Crippen molar-refractivity contribution in [2.75, 3.05) is 12.0 Å². The summed E-state index contributed by atoms with van der Waals surface area (Å²) in [4.78, 5) is 35.1. The molecule has 0 saturated heterocycles. The number of nitrogens with two attached hydrogens (primary N) is 1. The fourth-order valence-corrected chi connectivity index (χ4v) is 2.56. The maximum Gasteiger partial charge on any atom is 0.332 e. The number of aromatic nitrogens is 2. The smallest absolute Gasteiger partial charge is 0.309 e. The highest BCUT2D eigenvalue weighted by atomic mass is 16.6. The van der Waals surface area contributed by atoms with Crippen LogP contribution in [0.1, 0.15) is 17.0 Å². The maximum absolute atomic E-state index is 12.5. The van der Waals surface area contributed by atoms with E-state index >= 15 is 0 Å². The molecule has 0 aliphatic rings. The van der Waals surface area contributed by atoms with Gasteiger partial charge in [-0.15, -0.1) is 0 Å². The normalized spacial score (nSPS) is 12.0. The number of anilines is 1. The first-order chi connectivity index (χ1) is 10.9. The van der Waals surface area contributed by atoms with Gasteiger partial charge >= 0.3 is 5.69 Å². The van der Waals surface area contributed by atoms with Crippen molar-refractivity contribution in [3.05, 3.63) is 72.4 Å². The van der Waals surface area contributed by atoms with E-state index < -0.39 is 28.6 Å². The summed E-state index contributed by atoms with van der Waals surface area (Å²) in [6, 6.07) is 8.61. The van der Waals surface area contributed by atoms with E-state index in [4.69, 9.17) is 5.84 Å². The minimum absolute atomic E-state index is 0.0637. The number of hydrogen-bond acceptors (Lipinski definition) is 6. The lowest BCUT2D eigenvalue weighted by atomic mass is 9.92. The fraction of sp³-hybridized carbons (Fsp3) is 0.286. The molecule has 0 bridgehead atoms. The zero-order valence-corrected chi connectivity index (χ0v) is 12.7. The lowest BCUT2D eigenvalue weighted by Crippen LogP contribution is -2.42. The zero-order valence-electron chi connectivity index (χ0n) is 12.7. The molecule has 23 heavy (non-hydrogen) atoms. The van der Waals surface area contributed by atoms with Crippen LogP contribution in [0.15, 0.2) is 39.9 Å². The van der Waals surface area contributed by atoms with Gasteiger partial charge in [0.25, 0.3) is 5.56 Å². The van der Waals surface area contributed by atoms with E-state index in [0.717, 1.165) is 9.13 Å². The van der Waals surface area contributed by atoms with Crippen LogP contribution in [-0.4, -0.2) is 20.6 Å². The highest BCUT2D eigenvalue weighted by Gasteiger charge is 2.28. The van der Waals surface area contributed by atoms with Gasteiger partial charge in [-0.05, 0) is 5.56 Å². The average molecular weight is 319 g/mol. The molecule has 122 valence electrons. The molecule has 2 aromatic rings. The minimum atomic E-state index is -0.831. The fourth-order valence-electron chi connectivity index (χ4n) is 2.56. The summed E-state index contributed by atoms with van der Waals surface area (Å²) in [5, 5.41) is 11.1. The van der Waals surface area contributed by atoms with Gasteiger partial charge in [-0.2, -0.15) is 0 Å². The molecule has 1 atom stereocenters. The first kappa shape index (κ1) is 16.4. The molecule has 1 unspecified atom stereocenters. The quantitative estimate of drug-likeness (QED) is 0.446. The standard InChI is InChI=1S/C14H17N5O4/c1-17-12(16-15)11(13(20)18(2)14(17)21)10(8-19(22)23)9-6-4-3-5-7-9/h3-7,10,16H,8,15H2,1-2H3. The van der Waals surface area contributed by atoms with Crippen molar-refractivity contribution in [2.24, 2.45) is 19.9 Å². The Bertz CT molecular complexity index is 841. The van der Waals surface area contributed by atoms with Gasteiger partial charge in [-0.3, -0.25) is 24.0 Å². The third-order valence-electron chi connectivity index (χ3n) is 3.72. The SMILES string of the molecule is Cn1c(NN)c(C(C[N+](=O)[O-])c2ccccc2)c(=O)n(C)c1=O. The number of nitro groups is 1. The summed E-state index contributed by atoms with van der Waals surface area (Å²) in [6.45, 7) is -0.494. The summed E-state index contributed by atoms with van der Waals surface area (Å²) in [5.74, 6) is 4.69. The van der Waals surface area contributed by atoms with Gasteiger partial charge in [-0.1, -0.05) is 30.3 Å². The van der Waals surface area contributed by atoms with Crippen LogP contribution >= 0.6 is 0 Å². The number of rotatable bonds is 5. The number of benzene rings is 1. The highest BCUT2D eigenvalue weighted by molar-refractivity contribution is 5.48.